The Morgan fingerprint density at radius 1 is 1.29 bits per heavy atom. The van der Waals surface area contributed by atoms with E-state index in [1.54, 1.807) is 25.8 Å². The van der Waals surface area contributed by atoms with E-state index >= 15 is 0 Å². The van der Waals surface area contributed by atoms with E-state index in [1.165, 1.54) is 4.52 Å². The lowest BCUT2D eigenvalue weighted by molar-refractivity contribution is 0.0731. The van der Waals surface area contributed by atoms with Crippen molar-refractivity contribution in [2.75, 3.05) is 12.8 Å². The zero-order valence-electron chi connectivity index (χ0n) is 19.1. The average molecular weight is 491 g/mol. The molecule has 180 valence electrons. The van der Waals surface area contributed by atoms with Crippen LogP contribution in [0.1, 0.15) is 54.2 Å². The number of nitrogens with zero attached hydrogens (tertiary/aromatic N) is 7. The first-order valence-electron chi connectivity index (χ1n) is 10.6. The molecule has 1 amide bonds. The number of carbonyl (C=O) groups excluding carboxylic acids is 1. The number of aryl methyl sites for hydroxylation is 1. The Labute approximate surface area is 197 Å². The molecule has 10 nitrogen and oxygen atoms in total. The monoisotopic (exact) mass is 490 g/mol. The maximum atomic E-state index is 14.1. The molecule has 34 heavy (non-hydrogen) atoms. The molecule has 0 bridgehead atoms. The molecule has 13 heteroatoms. The van der Waals surface area contributed by atoms with Crippen LogP contribution < -0.4 is 5.73 Å². The third-order valence-corrected chi connectivity index (χ3v) is 6.72. The number of nitrogen functional groups attached to an aromatic ring is 1. The van der Waals surface area contributed by atoms with Gasteiger partial charge in [0.2, 0.25) is 11.0 Å². The molecule has 0 radical (unpaired) electrons. The predicted octanol–water partition coefficient (Wildman–Crippen LogP) is 2.70. The van der Waals surface area contributed by atoms with Gasteiger partial charge in [0.15, 0.2) is 17.3 Å². The molecule has 0 aliphatic carbocycles. The molecule has 0 saturated heterocycles. The molecule has 3 heterocycles. The number of halogens is 2. The fourth-order valence-electron chi connectivity index (χ4n) is 3.46. The number of hydrogen-bond donors (Lipinski definition) is 2. The number of anilines is 1. The van der Waals surface area contributed by atoms with Gasteiger partial charge >= 0.3 is 0 Å². The minimum atomic E-state index is -1.16. The second kappa shape index (κ2) is 8.80. The summed E-state index contributed by atoms with van der Waals surface area (Å²) in [6, 6.07) is 1.78. The van der Waals surface area contributed by atoms with Crippen LogP contribution in [-0.4, -0.2) is 58.8 Å². The summed E-state index contributed by atoms with van der Waals surface area (Å²) in [7, 11) is 1.68. The van der Waals surface area contributed by atoms with Crippen molar-refractivity contribution >= 4 is 39.7 Å². The number of hydrogen-bond acceptors (Lipinski definition) is 9. The summed E-state index contributed by atoms with van der Waals surface area (Å²) in [6.45, 7) is 5.08. The average Bonchev–Trinajstić information content (AvgIpc) is 3.41. The molecule has 0 fully saturated rings. The highest BCUT2D eigenvalue weighted by molar-refractivity contribution is 7.13. The van der Waals surface area contributed by atoms with Crippen LogP contribution in [0, 0.1) is 11.6 Å². The number of aromatic nitrogens is 6. The van der Waals surface area contributed by atoms with Crippen molar-refractivity contribution in [1.29, 1.82) is 0 Å². The van der Waals surface area contributed by atoms with Crippen molar-refractivity contribution in [1.82, 2.24) is 34.7 Å². The summed E-state index contributed by atoms with van der Waals surface area (Å²) in [5.74, 6) is -1.44. The lowest BCUT2D eigenvalue weighted by Crippen LogP contribution is -2.35. The molecule has 3 N–H and O–H groups in total. The van der Waals surface area contributed by atoms with Crippen molar-refractivity contribution in [3.63, 3.8) is 0 Å². The third kappa shape index (κ3) is 4.53. The van der Waals surface area contributed by atoms with Gasteiger partial charge in [-0.1, -0.05) is 11.3 Å². The van der Waals surface area contributed by atoms with Crippen LogP contribution in [0.15, 0.2) is 12.1 Å². The molecule has 0 aliphatic heterocycles. The van der Waals surface area contributed by atoms with Crippen LogP contribution in [0.4, 0.5) is 14.7 Å². The van der Waals surface area contributed by atoms with E-state index in [-0.39, 0.29) is 39.5 Å². The van der Waals surface area contributed by atoms with E-state index < -0.39 is 17.2 Å². The molecule has 0 spiro atoms. The number of benzene rings is 1. The van der Waals surface area contributed by atoms with E-state index in [2.05, 4.69) is 25.3 Å². The summed E-state index contributed by atoms with van der Waals surface area (Å²) < 4.78 is 29.1. The standard InChI is InChI=1S/C21H24F2N8O2S/c1-10(30(4)18(32)17-27-28-19(34-17)21(2,3)33)6-5-7-14-25-16-12-8-11(22)9-13(23)15(12)26-20(24)31(16)29-14/h8-10,33H,5-7H2,1-4H3,(H2,24,26)/t10-/m0/s1. The number of carbonyl (C=O) groups is 1. The number of nitrogens with two attached hydrogens (primary N) is 1. The van der Waals surface area contributed by atoms with Crippen LogP contribution in [0.3, 0.4) is 0 Å². The predicted molar refractivity (Wildman–Crippen MR) is 122 cm³/mol. The number of amides is 1. The molecular weight excluding hydrogens is 466 g/mol. The second-order valence-corrected chi connectivity index (χ2v) is 9.62. The van der Waals surface area contributed by atoms with Crippen LogP contribution in [-0.2, 0) is 12.0 Å². The van der Waals surface area contributed by atoms with E-state index in [0.717, 1.165) is 23.5 Å². The SMILES string of the molecule is C[C@@H](CCCc1nc2c3cc(F)cc(F)c3nc(N)n2n1)N(C)C(=O)c1nnc(C(C)(C)O)s1. The van der Waals surface area contributed by atoms with Crippen molar-refractivity contribution in [2.24, 2.45) is 0 Å². The largest absolute Gasteiger partial charge is 0.383 e. The Morgan fingerprint density at radius 2 is 2.03 bits per heavy atom. The number of fused-ring (bicyclic) bond motifs is 3. The third-order valence-electron chi connectivity index (χ3n) is 5.50. The summed E-state index contributed by atoms with van der Waals surface area (Å²) in [5, 5.41) is 22.9. The summed E-state index contributed by atoms with van der Waals surface area (Å²) in [5.41, 5.74) is 4.90. The highest BCUT2D eigenvalue weighted by Crippen LogP contribution is 2.25. The highest BCUT2D eigenvalue weighted by Gasteiger charge is 2.26. The summed E-state index contributed by atoms with van der Waals surface area (Å²) >= 11 is 1.06. The van der Waals surface area contributed by atoms with E-state index in [1.807, 2.05) is 6.92 Å². The van der Waals surface area contributed by atoms with E-state index in [4.69, 9.17) is 5.73 Å². The van der Waals surface area contributed by atoms with Crippen molar-refractivity contribution < 1.29 is 18.7 Å². The Balaban J connectivity index is 1.44. The fourth-order valence-corrected chi connectivity index (χ4v) is 4.29. The molecule has 1 aromatic carbocycles. The lowest BCUT2D eigenvalue weighted by atomic mass is 10.1. The molecule has 4 rings (SSSR count). The van der Waals surface area contributed by atoms with Gasteiger partial charge in [-0.2, -0.15) is 4.52 Å². The summed E-state index contributed by atoms with van der Waals surface area (Å²) in [4.78, 5) is 22.7. The van der Waals surface area contributed by atoms with Crippen molar-refractivity contribution in [3.05, 3.63) is 39.6 Å². The molecule has 0 aliphatic rings. The molecule has 4 aromatic rings. The van der Waals surface area contributed by atoms with Gasteiger partial charge in [0.05, 0.1) is 5.39 Å². The maximum absolute atomic E-state index is 14.1. The minimum absolute atomic E-state index is 0.0482. The van der Waals surface area contributed by atoms with Crippen LogP contribution >= 0.6 is 11.3 Å². The molecule has 0 unspecified atom stereocenters. The molecule has 1 atom stereocenters. The Morgan fingerprint density at radius 3 is 2.71 bits per heavy atom. The van der Waals surface area contributed by atoms with Crippen LogP contribution in [0.25, 0.3) is 16.6 Å². The number of rotatable bonds is 7. The zero-order chi connectivity index (χ0) is 24.8. The van der Waals surface area contributed by atoms with Crippen LogP contribution in [0.5, 0.6) is 0 Å². The van der Waals surface area contributed by atoms with Crippen molar-refractivity contribution in [3.8, 4) is 0 Å². The zero-order valence-corrected chi connectivity index (χ0v) is 19.9. The first-order chi connectivity index (χ1) is 16.0. The Bertz CT molecular complexity index is 1380. The van der Waals surface area contributed by atoms with Gasteiger partial charge in [-0.15, -0.1) is 15.3 Å². The molecule has 3 aromatic heterocycles. The van der Waals surface area contributed by atoms with E-state index in [0.29, 0.717) is 30.1 Å². The van der Waals surface area contributed by atoms with Gasteiger partial charge in [-0.3, -0.25) is 4.79 Å². The van der Waals surface area contributed by atoms with Gasteiger partial charge in [0.1, 0.15) is 21.9 Å². The van der Waals surface area contributed by atoms with Crippen LogP contribution in [0.2, 0.25) is 0 Å². The minimum Gasteiger partial charge on any atom is -0.383 e. The smallest absolute Gasteiger partial charge is 0.284 e. The Hall–Kier alpha value is -3.32. The highest BCUT2D eigenvalue weighted by atomic mass is 32.1. The molecule has 0 saturated carbocycles. The second-order valence-electron chi connectivity index (χ2n) is 8.65. The quantitative estimate of drug-likeness (QED) is 0.404. The normalized spacial score (nSPS) is 13.0. The maximum Gasteiger partial charge on any atom is 0.284 e. The lowest BCUT2D eigenvalue weighted by Gasteiger charge is -2.23. The fraction of sp³-hybridized carbons (Fsp3) is 0.429. The Kier molecular flexibility index (Phi) is 6.16. The first kappa shape index (κ1) is 23.8. The van der Waals surface area contributed by atoms with E-state index in [9.17, 15) is 18.7 Å². The first-order valence-corrected chi connectivity index (χ1v) is 11.4. The number of aliphatic hydroxyl groups is 1. The van der Waals surface area contributed by atoms with Gasteiger partial charge in [-0.25, -0.2) is 18.7 Å². The van der Waals surface area contributed by atoms with Gasteiger partial charge in [-0.05, 0) is 39.7 Å². The van der Waals surface area contributed by atoms with Gasteiger partial charge < -0.3 is 15.7 Å². The van der Waals surface area contributed by atoms with Gasteiger partial charge in [0.25, 0.3) is 5.91 Å². The van der Waals surface area contributed by atoms with Crippen molar-refractivity contribution in [2.45, 2.75) is 51.7 Å². The molecular formula is C21H24F2N8O2S. The van der Waals surface area contributed by atoms with Gasteiger partial charge in [0, 0.05) is 25.6 Å². The topological polar surface area (TPSA) is 135 Å². The summed E-state index contributed by atoms with van der Waals surface area (Å²) in [6.07, 6.45) is 1.76.